The molecule has 1 N–H and O–H groups in total. The molecule has 0 atom stereocenters. The van der Waals surface area contributed by atoms with E-state index in [-0.39, 0.29) is 24.4 Å². The Bertz CT molecular complexity index is 884. The van der Waals surface area contributed by atoms with Gasteiger partial charge in [0.15, 0.2) is 0 Å². The zero-order chi connectivity index (χ0) is 20.8. The first-order valence-corrected chi connectivity index (χ1v) is 10.5. The number of nitrogens with one attached hydrogen (secondary N) is 1. The van der Waals surface area contributed by atoms with Gasteiger partial charge in [-0.05, 0) is 58.6 Å². The summed E-state index contributed by atoms with van der Waals surface area (Å²) in [6, 6.07) is 12.1. The van der Waals surface area contributed by atoms with E-state index in [0.29, 0.717) is 11.0 Å². The Kier molecular flexibility index (Phi) is 7.25. The summed E-state index contributed by atoms with van der Waals surface area (Å²) in [5.74, 6) is -0.947. The molecule has 0 saturated carbocycles. The van der Waals surface area contributed by atoms with E-state index in [4.69, 9.17) is 0 Å². The van der Waals surface area contributed by atoms with Crippen molar-refractivity contribution in [3.05, 3.63) is 63.9 Å². The van der Waals surface area contributed by atoms with Crippen LogP contribution in [0.3, 0.4) is 0 Å². The van der Waals surface area contributed by atoms with Gasteiger partial charge in [0.25, 0.3) is 5.91 Å². The highest BCUT2D eigenvalue weighted by molar-refractivity contribution is 9.10. The lowest BCUT2D eigenvalue weighted by atomic mass is 10.1. The van der Waals surface area contributed by atoms with Crippen molar-refractivity contribution in [2.75, 3.05) is 31.6 Å². The fourth-order valence-corrected chi connectivity index (χ4v) is 3.92. The van der Waals surface area contributed by atoms with E-state index in [9.17, 15) is 14.0 Å². The fraction of sp³-hybridized carbons (Fsp3) is 0.364. The van der Waals surface area contributed by atoms with Gasteiger partial charge in [-0.3, -0.25) is 9.59 Å². The van der Waals surface area contributed by atoms with Gasteiger partial charge in [0, 0.05) is 49.8 Å². The number of carbonyl (C=O) groups excluding carboxylic acids is 2. The molecule has 7 heteroatoms. The smallest absolute Gasteiger partial charge is 0.252 e. The minimum absolute atomic E-state index is 0.0557. The molecule has 1 fully saturated rings. The molecule has 0 unspecified atom stereocenters. The Hall–Kier alpha value is -2.41. The molecule has 2 aromatic rings. The van der Waals surface area contributed by atoms with Gasteiger partial charge in [-0.2, -0.15) is 0 Å². The number of para-hydroxylation sites is 1. The van der Waals surface area contributed by atoms with Crippen LogP contribution in [0.2, 0.25) is 0 Å². The van der Waals surface area contributed by atoms with Crippen molar-refractivity contribution in [2.45, 2.75) is 25.8 Å². The van der Waals surface area contributed by atoms with E-state index in [1.54, 1.807) is 11.9 Å². The van der Waals surface area contributed by atoms with Crippen LogP contribution >= 0.6 is 15.9 Å². The average Bonchev–Trinajstić information content (AvgIpc) is 3.24. The van der Waals surface area contributed by atoms with E-state index in [1.165, 1.54) is 36.7 Å². The second kappa shape index (κ2) is 9.87. The van der Waals surface area contributed by atoms with Crippen molar-refractivity contribution in [2.24, 2.45) is 0 Å². The van der Waals surface area contributed by atoms with E-state index in [2.05, 4.69) is 38.3 Å². The third-order valence-electron chi connectivity index (χ3n) is 5.07. The average molecular weight is 462 g/mol. The molecule has 154 valence electrons. The van der Waals surface area contributed by atoms with Crippen LogP contribution in [0.1, 0.15) is 35.2 Å². The molecule has 1 aliphatic heterocycles. The van der Waals surface area contributed by atoms with Crippen molar-refractivity contribution >= 4 is 33.4 Å². The van der Waals surface area contributed by atoms with Crippen molar-refractivity contribution in [3.8, 4) is 0 Å². The number of anilines is 1. The Balaban J connectivity index is 1.52. The zero-order valence-corrected chi connectivity index (χ0v) is 18.0. The molecule has 29 heavy (non-hydrogen) atoms. The molecular weight excluding hydrogens is 437 g/mol. The number of carbonyl (C=O) groups is 2. The van der Waals surface area contributed by atoms with Gasteiger partial charge in [-0.15, -0.1) is 0 Å². The first-order chi connectivity index (χ1) is 14.0. The second-order valence-electron chi connectivity index (χ2n) is 7.20. The lowest BCUT2D eigenvalue weighted by molar-refractivity contribution is -0.130. The molecule has 0 aliphatic carbocycles. The standard InChI is InChI=1S/C22H25BrFN3O2/c1-26(15-16-6-2-3-7-20(16)27-12-4-5-13-27)21(28)10-11-25-22(29)18-14-17(24)8-9-19(18)23/h2-3,6-9,14H,4-5,10-13,15H2,1H3,(H,25,29). The summed E-state index contributed by atoms with van der Waals surface area (Å²) in [4.78, 5) is 28.8. The fourth-order valence-electron chi connectivity index (χ4n) is 3.50. The molecule has 0 aromatic heterocycles. The quantitative estimate of drug-likeness (QED) is 0.678. The number of hydrogen-bond acceptors (Lipinski definition) is 3. The highest BCUT2D eigenvalue weighted by Crippen LogP contribution is 2.25. The van der Waals surface area contributed by atoms with Crippen LogP contribution in [0.25, 0.3) is 0 Å². The maximum Gasteiger partial charge on any atom is 0.252 e. The van der Waals surface area contributed by atoms with Crippen LogP contribution < -0.4 is 10.2 Å². The third-order valence-corrected chi connectivity index (χ3v) is 5.76. The summed E-state index contributed by atoms with van der Waals surface area (Å²) < 4.78 is 13.9. The lowest BCUT2D eigenvalue weighted by Crippen LogP contribution is -2.32. The molecule has 0 bridgehead atoms. The molecule has 0 spiro atoms. The minimum atomic E-state index is -0.481. The van der Waals surface area contributed by atoms with Crippen LogP contribution in [0.5, 0.6) is 0 Å². The van der Waals surface area contributed by atoms with Gasteiger partial charge < -0.3 is 15.1 Å². The van der Waals surface area contributed by atoms with E-state index in [0.717, 1.165) is 18.7 Å². The zero-order valence-electron chi connectivity index (χ0n) is 16.5. The Morgan fingerprint density at radius 3 is 2.66 bits per heavy atom. The normalized spacial score (nSPS) is 13.4. The summed E-state index contributed by atoms with van der Waals surface area (Å²) in [5.41, 5.74) is 2.53. The first kappa shape index (κ1) is 21.3. The van der Waals surface area contributed by atoms with Gasteiger partial charge in [0.2, 0.25) is 5.91 Å². The highest BCUT2D eigenvalue weighted by atomic mass is 79.9. The van der Waals surface area contributed by atoms with Crippen molar-refractivity contribution < 1.29 is 14.0 Å². The summed E-state index contributed by atoms with van der Waals surface area (Å²) in [5, 5.41) is 2.68. The molecular formula is C22H25BrFN3O2. The monoisotopic (exact) mass is 461 g/mol. The topological polar surface area (TPSA) is 52.6 Å². The second-order valence-corrected chi connectivity index (χ2v) is 8.06. The molecule has 2 aromatic carbocycles. The molecule has 3 rings (SSSR count). The first-order valence-electron chi connectivity index (χ1n) is 9.76. The van der Waals surface area contributed by atoms with Crippen LogP contribution in [0.15, 0.2) is 46.9 Å². The molecule has 0 radical (unpaired) electrons. The lowest BCUT2D eigenvalue weighted by Gasteiger charge is -2.24. The summed E-state index contributed by atoms with van der Waals surface area (Å²) in [6.45, 7) is 2.82. The highest BCUT2D eigenvalue weighted by Gasteiger charge is 2.18. The van der Waals surface area contributed by atoms with Crippen molar-refractivity contribution in [1.82, 2.24) is 10.2 Å². The van der Waals surface area contributed by atoms with Crippen LogP contribution in [0.4, 0.5) is 10.1 Å². The van der Waals surface area contributed by atoms with Crippen LogP contribution in [-0.4, -0.2) is 43.4 Å². The molecule has 1 aliphatic rings. The van der Waals surface area contributed by atoms with E-state index >= 15 is 0 Å². The number of nitrogens with zero attached hydrogens (tertiary/aromatic N) is 2. The molecule has 1 heterocycles. The van der Waals surface area contributed by atoms with Gasteiger partial charge in [0.05, 0.1) is 5.56 Å². The van der Waals surface area contributed by atoms with E-state index in [1.807, 2.05) is 12.1 Å². The number of halogens is 2. The summed E-state index contributed by atoms with van der Waals surface area (Å²) >= 11 is 3.24. The minimum Gasteiger partial charge on any atom is -0.371 e. The SMILES string of the molecule is CN(Cc1ccccc1N1CCCC1)C(=O)CCNC(=O)c1cc(F)ccc1Br. The van der Waals surface area contributed by atoms with Crippen molar-refractivity contribution in [1.29, 1.82) is 0 Å². The number of benzene rings is 2. The summed E-state index contributed by atoms with van der Waals surface area (Å²) in [6.07, 6.45) is 2.58. The van der Waals surface area contributed by atoms with Crippen LogP contribution in [0, 0.1) is 5.82 Å². The maximum atomic E-state index is 13.4. The number of hydrogen-bond donors (Lipinski definition) is 1. The van der Waals surface area contributed by atoms with Crippen molar-refractivity contribution in [3.63, 3.8) is 0 Å². The van der Waals surface area contributed by atoms with Gasteiger partial charge >= 0.3 is 0 Å². The van der Waals surface area contributed by atoms with Crippen LogP contribution in [-0.2, 0) is 11.3 Å². The number of amides is 2. The molecule has 1 saturated heterocycles. The summed E-state index contributed by atoms with van der Waals surface area (Å²) in [7, 11) is 1.77. The Labute approximate surface area is 179 Å². The maximum absolute atomic E-state index is 13.4. The number of rotatable bonds is 7. The molecule has 5 nitrogen and oxygen atoms in total. The molecule has 2 amide bonds. The predicted octanol–water partition coefficient (Wildman–Crippen LogP) is 3.97. The predicted molar refractivity (Wildman–Crippen MR) is 115 cm³/mol. The van der Waals surface area contributed by atoms with E-state index < -0.39 is 11.7 Å². The van der Waals surface area contributed by atoms with Gasteiger partial charge in [-0.25, -0.2) is 4.39 Å². The van der Waals surface area contributed by atoms with Gasteiger partial charge in [0.1, 0.15) is 5.82 Å². The largest absolute Gasteiger partial charge is 0.371 e. The Morgan fingerprint density at radius 2 is 1.90 bits per heavy atom. The van der Waals surface area contributed by atoms with Gasteiger partial charge in [-0.1, -0.05) is 18.2 Å². The third kappa shape index (κ3) is 5.56. The Morgan fingerprint density at radius 1 is 1.17 bits per heavy atom.